The first kappa shape index (κ1) is 19.8. The lowest BCUT2D eigenvalue weighted by Gasteiger charge is -2.44. The molecule has 33 heavy (non-hydrogen) atoms. The van der Waals surface area contributed by atoms with Gasteiger partial charge >= 0.3 is 0 Å². The molecule has 1 amide bonds. The van der Waals surface area contributed by atoms with E-state index in [1.54, 1.807) is 6.20 Å². The molecule has 2 aliphatic rings. The number of ether oxygens (including phenoxy) is 1. The van der Waals surface area contributed by atoms with Gasteiger partial charge in [-0.1, -0.05) is 30.3 Å². The molecule has 4 aromatic rings. The number of aromatic nitrogens is 4. The van der Waals surface area contributed by atoms with Gasteiger partial charge in [-0.2, -0.15) is 10.2 Å². The van der Waals surface area contributed by atoms with Crippen molar-refractivity contribution >= 4 is 5.91 Å². The Morgan fingerprint density at radius 3 is 2.48 bits per heavy atom. The Kier molecular flexibility index (Phi) is 4.40. The minimum absolute atomic E-state index is 0.0205. The SMILES string of the molecule is Cc1c(C(=O)N2CCC3(CC2)Oc2ccccc2-c2c3cnn2C)cnn1-c1ccccc1. The normalized spacial score (nSPS) is 16.2. The molecule has 0 N–H and O–H groups in total. The maximum Gasteiger partial charge on any atom is 0.257 e. The number of hydrogen-bond donors (Lipinski definition) is 0. The molecule has 0 radical (unpaired) electrons. The van der Waals surface area contributed by atoms with Crippen LogP contribution in [-0.4, -0.2) is 43.5 Å². The zero-order valence-corrected chi connectivity index (χ0v) is 18.7. The molecule has 0 aliphatic carbocycles. The molecule has 1 fully saturated rings. The van der Waals surface area contributed by atoms with Gasteiger partial charge in [0.05, 0.1) is 35.0 Å². The summed E-state index contributed by atoms with van der Waals surface area (Å²) in [6.07, 6.45) is 5.05. The molecule has 6 rings (SSSR count). The van der Waals surface area contributed by atoms with Crippen LogP contribution in [0.2, 0.25) is 0 Å². The van der Waals surface area contributed by atoms with E-state index in [1.165, 1.54) is 0 Å². The van der Waals surface area contributed by atoms with E-state index in [-0.39, 0.29) is 5.91 Å². The van der Waals surface area contributed by atoms with Crippen molar-refractivity contribution in [3.05, 3.63) is 83.8 Å². The summed E-state index contributed by atoms with van der Waals surface area (Å²) in [5.41, 5.74) is 5.28. The number of rotatable bonds is 2. The molecule has 0 bridgehead atoms. The van der Waals surface area contributed by atoms with E-state index in [0.29, 0.717) is 18.7 Å². The Morgan fingerprint density at radius 1 is 0.970 bits per heavy atom. The molecule has 1 spiro atoms. The van der Waals surface area contributed by atoms with Crippen LogP contribution in [0.4, 0.5) is 0 Å². The molecule has 7 heteroatoms. The van der Waals surface area contributed by atoms with Gasteiger partial charge in [0, 0.05) is 44.1 Å². The van der Waals surface area contributed by atoms with Gasteiger partial charge < -0.3 is 9.64 Å². The summed E-state index contributed by atoms with van der Waals surface area (Å²) >= 11 is 0. The van der Waals surface area contributed by atoms with Gasteiger partial charge in [-0.15, -0.1) is 0 Å². The highest BCUT2D eigenvalue weighted by atomic mass is 16.5. The fourth-order valence-electron chi connectivity index (χ4n) is 5.17. The number of piperidine rings is 1. The Morgan fingerprint density at radius 2 is 1.70 bits per heavy atom. The summed E-state index contributed by atoms with van der Waals surface area (Å²) in [7, 11) is 1.97. The highest BCUT2D eigenvalue weighted by Gasteiger charge is 2.46. The third-order valence-corrected chi connectivity index (χ3v) is 6.98. The first-order valence-corrected chi connectivity index (χ1v) is 11.3. The topological polar surface area (TPSA) is 65.2 Å². The highest BCUT2D eigenvalue weighted by molar-refractivity contribution is 5.95. The standard InChI is InChI=1S/C26H25N5O2/c1-18-21(16-28-31(18)19-8-4-3-5-9-19)25(32)30-14-12-26(13-15-30)22-17-27-29(2)24(22)20-10-6-7-11-23(20)33-26/h3-11,16-17H,12-15H2,1-2H3. The number of aryl methyl sites for hydroxylation is 1. The highest BCUT2D eigenvalue weighted by Crippen LogP contribution is 2.49. The number of hydrogen-bond acceptors (Lipinski definition) is 4. The molecule has 166 valence electrons. The van der Waals surface area contributed by atoms with Gasteiger partial charge in [-0.25, -0.2) is 4.68 Å². The lowest BCUT2D eigenvalue weighted by Crippen LogP contribution is -2.49. The average Bonchev–Trinajstić information content (AvgIpc) is 3.43. The van der Waals surface area contributed by atoms with Crippen LogP contribution < -0.4 is 4.74 Å². The molecular weight excluding hydrogens is 414 g/mol. The van der Waals surface area contributed by atoms with Gasteiger partial charge in [-0.05, 0) is 31.2 Å². The minimum Gasteiger partial charge on any atom is -0.482 e. The van der Waals surface area contributed by atoms with E-state index in [0.717, 1.165) is 46.8 Å². The molecule has 2 aliphatic heterocycles. The number of carbonyl (C=O) groups is 1. The number of para-hydroxylation sites is 2. The molecule has 4 heterocycles. The number of benzene rings is 2. The summed E-state index contributed by atoms with van der Waals surface area (Å²) in [5.74, 6) is 0.903. The number of carbonyl (C=O) groups excluding carboxylic acids is 1. The van der Waals surface area contributed by atoms with Crippen molar-refractivity contribution in [3.63, 3.8) is 0 Å². The van der Waals surface area contributed by atoms with Crippen molar-refractivity contribution in [1.29, 1.82) is 0 Å². The summed E-state index contributed by atoms with van der Waals surface area (Å²) < 4.78 is 10.4. The van der Waals surface area contributed by atoms with Crippen molar-refractivity contribution in [2.45, 2.75) is 25.4 Å². The van der Waals surface area contributed by atoms with Gasteiger partial charge in [0.15, 0.2) is 0 Å². The third-order valence-electron chi connectivity index (χ3n) is 6.98. The third kappa shape index (κ3) is 2.99. The van der Waals surface area contributed by atoms with E-state index in [4.69, 9.17) is 4.74 Å². The fourth-order valence-corrected chi connectivity index (χ4v) is 5.17. The Bertz CT molecular complexity index is 1350. The molecule has 2 aromatic heterocycles. The Hall–Kier alpha value is -3.87. The van der Waals surface area contributed by atoms with Crippen molar-refractivity contribution < 1.29 is 9.53 Å². The van der Waals surface area contributed by atoms with Gasteiger partial charge in [0.25, 0.3) is 5.91 Å². The lowest BCUT2D eigenvalue weighted by atomic mass is 9.81. The molecule has 0 saturated carbocycles. The first-order valence-electron chi connectivity index (χ1n) is 11.3. The molecular formula is C26H25N5O2. The zero-order valence-electron chi connectivity index (χ0n) is 18.7. The Labute approximate surface area is 192 Å². The first-order chi connectivity index (χ1) is 16.1. The van der Waals surface area contributed by atoms with Crippen LogP contribution in [-0.2, 0) is 12.6 Å². The van der Waals surface area contributed by atoms with E-state index in [9.17, 15) is 4.79 Å². The predicted molar refractivity (Wildman–Crippen MR) is 124 cm³/mol. The van der Waals surface area contributed by atoms with Crippen LogP contribution >= 0.6 is 0 Å². The summed E-state index contributed by atoms with van der Waals surface area (Å²) in [6, 6.07) is 18.0. The molecule has 2 aromatic carbocycles. The van der Waals surface area contributed by atoms with Gasteiger partial charge in [0.2, 0.25) is 0 Å². The smallest absolute Gasteiger partial charge is 0.257 e. The number of nitrogens with zero attached hydrogens (tertiary/aromatic N) is 5. The quantitative estimate of drug-likeness (QED) is 0.472. The van der Waals surface area contributed by atoms with Crippen LogP contribution in [0, 0.1) is 6.92 Å². The van der Waals surface area contributed by atoms with Crippen molar-refractivity contribution in [3.8, 4) is 22.7 Å². The molecule has 7 nitrogen and oxygen atoms in total. The summed E-state index contributed by atoms with van der Waals surface area (Å²) in [6.45, 7) is 3.18. The molecule has 0 atom stereocenters. The molecule has 1 saturated heterocycles. The predicted octanol–water partition coefficient (Wildman–Crippen LogP) is 4.11. The van der Waals surface area contributed by atoms with Crippen molar-refractivity contribution in [2.75, 3.05) is 13.1 Å². The summed E-state index contributed by atoms with van der Waals surface area (Å²) in [5, 5.41) is 9.01. The van der Waals surface area contributed by atoms with Crippen LogP contribution in [0.1, 0.15) is 34.5 Å². The zero-order chi connectivity index (χ0) is 22.6. The second kappa shape index (κ2) is 7.33. The number of likely N-dealkylation sites (tertiary alicyclic amines) is 1. The average molecular weight is 440 g/mol. The maximum absolute atomic E-state index is 13.4. The van der Waals surface area contributed by atoms with Gasteiger partial charge in [0.1, 0.15) is 11.4 Å². The van der Waals surface area contributed by atoms with E-state index in [2.05, 4.69) is 16.3 Å². The summed E-state index contributed by atoms with van der Waals surface area (Å²) in [4.78, 5) is 15.3. The minimum atomic E-state index is -0.460. The van der Waals surface area contributed by atoms with Crippen LogP contribution in [0.15, 0.2) is 67.0 Å². The molecule has 0 unspecified atom stereocenters. The fraction of sp³-hybridized carbons (Fsp3) is 0.269. The van der Waals surface area contributed by atoms with Crippen LogP contribution in [0.25, 0.3) is 16.9 Å². The van der Waals surface area contributed by atoms with E-state index < -0.39 is 5.60 Å². The lowest BCUT2D eigenvalue weighted by molar-refractivity contribution is -0.00174. The van der Waals surface area contributed by atoms with E-state index >= 15 is 0 Å². The monoisotopic (exact) mass is 439 g/mol. The maximum atomic E-state index is 13.4. The van der Waals surface area contributed by atoms with Crippen molar-refractivity contribution in [1.82, 2.24) is 24.5 Å². The largest absolute Gasteiger partial charge is 0.482 e. The second-order valence-electron chi connectivity index (χ2n) is 8.81. The second-order valence-corrected chi connectivity index (χ2v) is 8.81. The number of amides is 1. The van der Waals surface area contributed by atoms with E-state index in [1.807, 2.05) is 83.0 Å². The Balaban J connectivity index is 1.26. The van der Waals surface area contributed by atoms with Crippen molar-refractivity contribution in [2.24, 2.45) is 7.05 Å². The van der Waals surface area contributed by atoms with Gasteiger partial charge in [-0.3, -0.25) is 9.48 Å². The van der Waals surface area contributed by atoms with Crippen LogP contribution in [0.5, 0.6) is 5.75 Å². The number of fused-ring (bicyclic) bond motifs is 4. The van der Waals surface area contributed by atoms with Crippen LogP contribution in [0.3, 0.4) is 0 Å².